The van der Waals surface area contributed by atoms with Gasteiger partial charge in [0.15, 0.2) is 5.82 Å². The lowest BCUT2D eigenvalue weighted by molar-refractivity contribution is 0.208. The fourth-order valence-corrected chi connectivity index (χ4v) is 4.80. The maximum atomic E-state index is 13.3. The van der Waals surface area contributed by atoms with Crippen molar-refractivity contribution in [3.63, 3.8) is 0 Å². The first-order chi connectivity index (χ1) is 16.0. The van der Waals surface area contributed by atoms with E-state index < -0.39 is 0 Å². The highest BCUT2D eigenvalue weighted by atomic mass is 16.2. The summed E-state index contributed by atoms with van der Waals surface area (Å²) in [5.41, 5.74) is 5.00. The number of hydrogen-bond donors (Lipinski definition) is 1. The molecular weight excluding hydrogens is 416 g/mol. The van der Waals surface area contributed by atoms with Gasteiger partial charge in [-0.1, -0.05) is 19.9 Å². The van der Waals surface area contributed by atoms with Crippen LogP contribution in [0.2, 0.25) is 0 Å². The molecule has 0 bridgehead atoms. The van der Waals surface area contributed by atoms with E-state index in [4.69, 9.17) is 0 Å². The molecule has 3 heterocycles. The molecule has 1 saturated heterocycles. The maximum Gasteiger partial charge on any atom is 0.321 e. The second-order valence-electron chi connectivity index (χ2n) is 9.35. The van der Waals surface area contributed by atoms with Gasteiger partial charge in [0.2, 0.25) is 0 Å². The third-order valence-corrected chi connectivity index (χ3v) is 6.50. The van der Waals surface area contributed by atoms with Gasteiger partial charge in [-0.3, -0.25) is 9.78 Å². The fraction of sp³-hybridized carbons (Fsp3) is 0.440. The maximum absolute atomic E-state index is 13.3. The predicted octanol–water partition coefficient (Wildman–Crippen LogP) is 3.29. The number of nitrogens with one attached hydrogen (secondary N) is 1. The molecule has 2 aromatic heterocycles. The van der Waals surface area contributed by atoms with Gasteiger partial charge in [-0.25, -0.2) is 9.78 Å². The summed E-state index contributed by atoms with van der Waals surface area (Å²) in [4.78, 5) is 38.8. The summed E-state index contributed by atoms with van der Waals surface area (Å²) in [5.74, 6) is 0.772. The molecule has 172 valence electrons. The Morgan fingerprint density at radius 1 is 1.09 bits per heavy atom. The molecule has 8 heteroatoms. The van der Waals surface area contributed by atoms with Gasteiger partial charge in [-0.05, 0) is 54.5 Å². The number of amides is 2. The molecule has 0 saturated carbocycles. The minimum Gasteiger partial charge on any atom is -0.348 e. The molecule has 1 aromatic carbocycles. The summed E-state index contributed by atoms with van der Waals surface area (Å²) in [6, 6.07) is 7.96. The van der Waals surface area contributed by atoms with Crippen LogP contribution >= 0.6 is 0 Å². The third-order valence-electron chi connectivity index (χ3n) is 6.50. The number of anilines is 2. The van der Waals surface area contributed by atoms with Crippen LogP contribution in [0.5, 0.6) is 0 Å². The summed E-state index contributed by atoms with van der Waals surface area (Å²) in [7, 11) is 0. The van der Waals surface area contributed by atoms with Crippen molar-refractivity contribution in [3.8, 4) is 0 Å². The Hall–Kier alpha value is -3.42. The van der Waals surface area contributed by atoms with Crippen LogP contribution < -0.4 is 15.8 Å². The number of rotatable bonds is 4. The third kappa shape index (κ3) is 4.29. The van der Waals surface area contributed by atoms with Crippen LogP contribution in [0.15, 0.2) is 41.5 Å². The topological polar surface area (TPSA) is 83.4 Å². The number of nitrogens with zero attached hydrogens (tertiary/aromatic N) is 5. The average Bonchev–Trinajstić information content (AvgIpc) is 3.28. The van der Waals surface area contributed by atoms with Crippen LogP contribution in [-0.2, 0) is 19.4 Å². The number of fused-ring (bicyclic) bond motifs is 2. The van der Waals surface area contributed by atoms with E-state index in [9.17, 15) is 9.59 Å². The smallest absolute Gasteiger partial charge is 0.321 e. The Bertz CT molecular complexity index is 1240. The van der Waals surface area contributed by atoms with Gasteiger partial charge in [0.25, 0.3) is 5.56 Å². The average molecular weight is 447 g/mol. The largest absolute Gasteiger partial charge is 0.348 e. The Labute approximate surface area is 193 Å². The van der Waals surface area contributed by atoms with Crippen LogP contribution in [0, 0.1) is 5.92 Å². The van der Waals surface area contributed by atoms with E-state index in [1.165, 1.54) is 17.5 Å². The van der Waals surface area contributed by atoms with Crippen molar-refractivity contribution in [2.75, 3.05) is 36.4 Å². The minimum absolute atomic E-state index is 0.0950. The number of urea groups is 1. The molecule has 1 N–H and O–H groups in total. The SMILES string of the molecule is CC(C)Cn1c(=O)c(N2CCN(C(=O)Nc3ccc4c(c3)CCC4)CC2)nc2ccncc21. The van der Waals surface area contributed by atoms with Gasteiger partial charge >= 0.3 is 6.03 Å². The highest BCUT2D eigenvalue weighted by Crippen LogP contribution is 2.25. The van der Waals surface area contributed by atoms with Gasteiger partial charge in [0.05, 0.1) is 17.2 Å². The quantitative estimate of drug-likeness (QED) is 0.665. The lowest BCUT2D eigenvalue weighted by Crippen LogP contribution is -2.51. The van der Waals surface area contributed by atoms with E-state index in [1.54, 1.807) is 21.9 Å². The number of carbonyl (C=O) groups is 1. The highest BCUT2D eigenvalue weighted by molar-refractivity contribution is 5.89. The molecule has 5 rings (SSSR count). The van der Waals surface area contributed by atoms with Crippen molar-refractivity contribution < 1.29 is 4.79 Å². The molecule has 1 aliphatic heterocycles. The molecule has 8 nitrogen and oxygen atoms in total. The fourth-order valence-electron chi connectivity index (χ4n) is 4.80. The highest BCUT2D eigenvalue weighted by Gasteiger charge is 2.25. The monoisotopic (exact) mass is 446 g/mol. The van der Waals surface area contributed by atoms with Gasteiger partial charge in [-0.15, -0.1) is 0 Å². The lowest BCUT2D eigenvalue weighted by Gasteiger charge is -2.35. The number of carbonyl (C=O) groups excluding carboxylic acids is 1. The molecule has 0 unspecified atom stereocenters. The van der Waals surface area contributed by atoms with Gasteiger partial charge < -0.3 is 19.7 Å². The van der Waals surface area contributed by atoms with Gasteiger partial charge in [0, 0.05) is 44.6 Å². The molecule has 1 fully saturated rings. The molecule has 0 spiro atoms. The first kappa shape index (κ1) is 21.4. The van der Waals surface area contributed by atoms with Crippen LogP contribution in [0.25, 0.3) is 11.0 Å². The Kier molecular flexibility index (Phi) is 5.74. The molecule has 2 aliphatic rings. The first-order valence-electron chi connectivity index (χ1n) is 11.8. The first-order valence-corrected chi connectivity index (χ1v) is 11.8. The normalized spacial score (nSPS) is 15.8. The van der Waals surface area contributed by atoms with Crippen LogP contribution in [0.3, 0.4) is 0 Å². The number of piperazine rings is 1. The van der Waals surface area contributed by atoms with Crippen LogP contribution in [-0.4, -0.2) is 51.6 Å². The van der Waals surface area contributed by atoms with Crippen molar-refractivity contribution in [2.45, 2.75) is 39.7 Å². The molecule has 3 aromatic rings. The zero-order chi connectivity index (χ0) is 22.9. The van der Waals surface area contributed by atoms with Crippen molar-refractivity contribution >= 4 is 28.6 Å². The van der Waals surface area contributed by atoms with Gasteiger partial charge in [-0.2, -0.15) is 0 Å². The van der Waals surface area contributed by atoms with Crippen LogP contribution in [0.4, 0.5) is 16.3 Å². The minimum atomic E-state index is -0.0970. The van der Waals surface area contributed by atoms with Crippen molar-refractivity contribution in [3.05, 3.63) is 58.1 Å². The Balaban J connectivity index is 1.30. The summed E-state index contributed by atoms with van der Waals surface area (Å²) >= 11 is 0. The Morgan fingerprint density at radius 2 is 1.88 bits per heavy atom. The lowest BCUT2D eigenvalue weighted by atomic mass is 10.1. The van der Waals surface area contributed by atoms with E-state index in [2.05, 4.69) is 41.3 Å². The number of hydrogen-bond acceptors (Lipinski definition) is 5. The van der Waals surface area contributed by atoms with Crippen molar-refractivity contribution in [2.24, 2.45) is 5.92 Å². The van der Waals surface area contributed by atoms with E-state index in [0.717, 1.165) is 29.6 Å². The summed E-state index contributed by atoms with van der Waals surface area (Å²) in [6.07, 6.45) is 6.80. The van der Waals surface area contributed by atoms with Crippen molar-refractivity contribution in [1.29, 1.82) is 0 Å². The standard InChI is InChI=1S/C25H30N6O2/c1-17(2)16-31-22-15-26-9-8-21(22)28-23(24(31)32)29-10-12-30(13-11-29)25(33)27-20-7-6-18-4-3-5-19(18)14-20/h6-9,14-15,17H,3-5,10-13,16H2,1-2H3,(H,27,33). The molecular formula is C25H30N6O2. The van der Waals surface area contributed by atoms with Crippen LogP contribution in [0.1, 0.15) is 31.4 Å². The predicted molar refractivity (Wildman–Crippen MR) is 130 cm³/mol. The molecule has 0 atom stereocenters. The Morgan fingerprint density at radius 3 is 2.67 bits per heavy atom. The second kappa shape index (κ2) is 8.84. The van der Waals surface area contributed by atoms with E-state index in [-0.39, 0.29) is 11.6 Å². The summed E-state index contributed by atoms with van der Waals surface area (Å²) in [6.45, 7) is 7.00. The zero-order valence-electron chi connectivity index (χ0n) is 19.3. The van der Waals surface area contributed by atoms with Gasteiger partial charge in [0.1, 0.15) is 0 Å². The van der Waals surface area contributed by atoms with E-state index in [0.29, 0.717) is 44.5 Å². The summed E-state index contributed by atoms with van der Waals surface area (Å²) in [5, 5.41) is 3.04. The number of benzene rings is 1. The molecule has 2 amide bonds. The van der Waals surface area contributed by atoms with E-state index >= 15 is 0 Å². The number of aromatic nitrogens is 3. The molecule has 0 radical (unpaired) electrons. The number of pyridine rings is 1. The molecule has 33 heavy (non-hydrogen) atoms. The van der Waals surface area contributed by atoms with Crippen molar-refractivity contribution in [1.82, 2.24) is 19.4 Å². The number of aryl methyl sites for hydroxylation is 2. The van der Waals surface area contributed by atoms with E-state index in [1.807, 2.05) is 17.0 Å². The summed E-state index contributed by atoms with van der Waals surface area (Å²) < 4.78 is 1.78. The zero-order valence-corrected chi connectivity index (χ0v) is 19.3. The molecule has 1 aliphatic carbocycles. The second-order valence-corrected chi connectivity index (χ2v) is 9.35.